The predicted molar refractivity (Wildman–Crippen MR) is 146 cm³/mol. The molecule has 3 amide bonds. The Bertz CT molecular complexity index is 1410. The maximum Gasteiger partial charge on any atom is 0.329 e. The molecule has 1 aliphatic carbocycles. The lowest BCUT2D eigenvalue weighted by atomic mass is 10.1. The zero-order chi connectivity index (χ0) is 27.1. The molecule has 2 fully saturated rings. The van der Waals surface area contributed by atoms with Gasteiger partial charge in [0.15, 0.2) is 0 Å². The largest absolute Gasteiger partial charge is 0.373 e. The molecule has 2 aliphatic heterocycles. The van der Waals surface area contributed by atoms with Gasteiger partial charge >= 0.3 is 6.03 Å². The zero-order valence-corrected chi connectivity index (χ0v) is 22.6. The monoisotopic (exact) mass is 551 g/mol. The van der Waals surface area contributed by atoms with E-state index < -0.39 is 6.03 Å². The van der Waals surface area contributed by atoms with Crippen LogP contribution in [0.25, 0.3) is 11.4 Å². The van der Waals surface area contributed by atoms with Gasteiger partial charge < -0.3 is 9.30 Å². The van der Waals surface area contributed by atoms with E-state index in [1.54, 1.807) is 23.2 Å². The average Bonchev–Trinajstić information content (AvgIpc) is 3.62. The van der Waals surface area contributed by atoms with E-state index in [4.69, 9.17) is 16.3 Å². The first-order valence-corrected chi connectivity index (χ1v) is 13.8. The summed E-state index contributed by atoms with van der Waals surface area (Å²) < 4.78 is 22.0. The number of urea groups is 1. The van der Waals surface area contributed by atoms with Gasteiger partial charge in [-0.3, -0.25) is 19.9 Å². The number of ether oxygens (including phenoxy) is 1. The normalized spacial score (nSPS) is 21.5. The van der Waals surface area contributed by atoms with Crippen LogP contribution in [0.5, 0.6) is 0 Å². The van der Waals surface area contributed by atoms with Gasteiger partial charge in [0.2, 0.25) is 5.91 Å². The summed E-state index contributed by atoms with van der Waals surface area (Å²) in [6, 6.07) is 10.8. The molecular weight excluding hydrogens is 521 g/mol. The number of fused-ring (bicyclic) bond motifs is 1. The average molecular weight is 552 g/mol. The lowest BCUT2D eigenvalue weighted by Gasteiger charge is -2.26. The third kappa shape index (κ3) is 5.31. The van der Waals surface area contributed by atoms with Gasteiger partial charge in [-0.05, 0) is 54.5 Å². The van der Waals surface area contributed by atoms with E-state index in [1.807, 2.05) is 11.6 Å². The number of aromatic nitrogens is 2. The molecule has 2 aromatic carbocycles. The lowest BCUT2D eigenvalue weighted by molar-refractivity contribution is -0.120. The number of carbonyl (C=O) groups is 2. The van der Waals surface area contributed by atoms with Gasteiger partial charge in [0, 0.05) is 55.8 Å². The van der Waals surface area contributed by atoms with Crippen LogP contribution in [0, 0.1) is 11.7 Å². The summed E-state index contributed by atoms with van der Waals surface area (Å²) >= 11 is 6.15. The third-order valence-electron chi connectivity index (χ3n) is 8.08. The quantitative estimate of drug-likeness (QED) is 0.446. The van der Waals surface area contributed by atoms with E-state index in [2.05, 4.69) is 33.4 Å². The van der Waals surface area contributed by atoms with Gasteiger partial charge in [-0.25, -0.2) is 14.2 Å². The van der Waals surface area contributed by atoms with Crippen molar-refractivity contribution in [1.29, 1.82) is 0 Å². The SMILES string of the molecule is Cn1c(N2CCC(=O)NC2=O)cnc1-c1ccc2c(c1)CN(C[C@@H]1CC[C@H](OCc3c(F)cccc3Cl)C1)C2. The Balaban J connectivity index is 1.06. The highest BCUT2D eigenvalue weighted by atomic mass is 35.5. The van der Waals surface area contributed by atoms with Gasteiger partial charge in [-0.2, -0.15) is 0 Å². The molecule has 6 rings (SSSR count). The number of imidazole rings is 1. The first-order valence-electron chi connectivity index (χ1n) is 13.4. The van der Waals surface area contributed by atoms with Crippen molar-refractivity contribution in [1.82, 2.24) is 19.8 Å². The van der Waals surface area contributed by atoms with Crippen LogP contribution in [0.15, 0.2) is 42.6 Å². The number of nitrogens with one attached hydrogen (secondary N) is 1. The van der Waals surface area contributed by atoms with Crippen molar-refractivity contribution in [2.24, 2.45) is 13.0 Å². The summed E-state index contributed by atoms with van der Waals surface area (Å²) in [4.78, 5) is 32.5. The Kier molecular flexibility index (Phi) is 7.14. The van der Waals surface area contributed by atoms with Crippen LogP contribution in [0.3, 0.4) is 0 Å². The van der Waals surface area contributed by atoms with E-state index in [9.17, 15) is 14.0 Å². The number of amides is 3. The molecule has 1 saturated carbocycles. The van der Waals surface area contributed by atoms with Crippen molar-refractivity contribution < 1.29 is 18.7 Å². The Hall–Kier alpha value is -3.27. The number of carbonyl (C=O) groups excluding carboxylic acids is 2. The van der Waals surface area contributed by atoms with Crippen LogP contribution >= 0.6 is 11.6 Å². The van der Waals surface area contributed by atoms with Gasteiger partial charge in [0.1, 0.15) is 17.5 Å². The minimum atomic E-state index is -0.416. The van der Waals surface area contributed by atoms with Crippen molar-refractivity contribution in [3.05, 3.63) is 70.1 Å². The molecule has 1 aromatic heterocycles. The highest BCUT2D eigenvalue weighted by molar-refractivity contribution is 6.31. The molecular formula is C29H31ClFN5O3. The molecule has 0 spiro atoms. The van der Waals surface area contributed by atoms with E-state index in [1.165, 1.54) is 17.2 Å². The molecule has 2 atom stereocenters. The molecule has 1 N–H and O–H groups in total. The highest BCUT2D eigenvalue weighted by Gasteiger charge is 2.30. The van der Waals surface area contributed by atoms with Crippen molar-refractivity contribution in [2.75, 3.05) is 18.0 Å². The predicted octanol–water partition coefficient (Wildman–Crippen LogP) is 5.03. The minimum absolute atomic E-state index is 0.125. The van der Waals surface area contributed by atoms with Gasteiger partial charge in [-0.15, -0.1) is 0 Å². The second kappa shape index (κ2) is 10.7. The zero-order valence-electron chi connectivity index (χ0n) is 21.8. The Labute approximate surface area is 231 Å². The fraction of sp³-hybridized carbons (Fsp3) is 0.414. The number of halogens is 2. The Morgan fingerprint density at radius 3 is 2.82 bits per heavy atom. The van der Waals surface area contributed by atoms with Crippen LogP contribution in [0.4, 0.5) is 15.0 Å². The number of anilines is 1. The first kappa shape index (κ1) is 26.0. The standard InChI is InChI=1S/C29H31ClFN5O3/c1-34-27(36-10-9-26(37)33-29(36)38)13-32-28(34)19-6-7-20-15-35(16-21(20)12-19)14-18-5-8-22(11-18)39-17-23-24(30)3-2-4-25(23)31/h2-4,6-7,12-13,18,22H,5,8-11,14-17H2,1H3,(H,33,37,38)/t18-,22+/m1/s1. The molecule has 8 nitrogen and oxygen atoms in total. The summed E-state index contributed by atoms with van der Waals surface area (Å²) in [5.74, 6) is 1.41. The maximum absolute atomic E-state index is 14.1. The molecule has 204 valence electrons. The minimum Gasteiger partial charge on any atom is -0.373 e. The summed E-state index contributed by atoms with van der Waals surface area (Å²) in [6.45, 7) is 3.34. The van der Waals surface area contributed by atoms with Crippen molar-refractivity contribution >= 4 is 29.4 Å². The van der Waals surface area contributed by atoms with E-state index in [0.29, 0.717) is 28.9 Å². The number of hydrogen-bond donors (Lipinski definition) is 1. The molecule has 0 radical (unpaired) electrons. The summed E-state index contributed by atoms with van der Waals surface area (Å²) in [7, 11) is 1.89. The summed E-state index contributed by atoms with van der Waals surface area (Å²) in [5.41, 5.74) is 4.04. The number of hydrogen-bond acceptors (Lipinski definition) is 5. The van der Waals surface area contributed by atoms with E-state index in [-0.39, 0.29) is 30.9 Å². The van der Waals surface area contributed by atoms with Crippen molar-refractivity contribution in [3.63, 3.8) is 0 Å². The van der Waals surface area contributed by atoms with Crippen molar-refractivity contribution in [2.45, 2.75) is 51.5 Å². The van der Waals surface area contributed by atoms with Crippen LogP contribution in [-0.4, -0.2) is 45.6 Å². The van der Waals surface area contributed by atoms with Crippen LogP contribution in [0.1, 0.15) is 42.4 Å². The topological polar surface area (TPSA) is 79.7 Å². The first-order chi connectivity index (χ1) is 18.9. The third-order valence-corrected chi connectivity index (χ3v) is 8.44. The molecule has 0 bridgehead atoms. The summed E-state index contributed by atoms with van der Waals surface area (Å²) in [5, 5.41) is 2.78. The van der Waals surface area contributed by atoms with Gasteiger partial charge in [0.25, 0.3) is 0 Å². The Morgan fingerprint density at radius 2 is 2.00 bits per heavy atom. The Morgan fingerprint density at radius 1 is 1.15 bits per heavy atom. The fourth-order valence-electron chi connectivity index (χ4n) is 6.02. The van der Waals surface area contributed by atoms with Gasteiger partial charge in [0.05, 0.1) is 18.9 Å². The molecule has 3 aromatic rings. The molecule has 10 heteroatoms. The van der Waals surface area contributed by atoms with E-state index in [0.717, 1.165) is 50.3 Å². The summed E-state index contributed by atoms with van der Waals surface area (Å²) in [6.07, 6.45) is 5.12. The molecule has 3 heterocycles. The lowest BCUT2D eigenvalue weighted by Crippen LogP contribution is -2.50. The molecule has 39 heavy (non-hydrogen) atoms. The molecule has 3 aliphatic rings. The second-order valence-electron chi connectivity index (χ2n) is 10.7. The second-order valence-corrected chi connectivity index (χ2v) is 11.1. The number of imide groups is 1. The van der Waals surface area contributed by atoms with Gasteiger partial charge in [-0.1, -0.05) is 29.8 Å². The number of rotatable bonds is 7. The smallest absolute Gasteiger partial charge is 0.329 e. The van der Waals surface area contributed by atoms with E-state index >= 15 is 0 Å². The molecule has 0 unspecified atom stereocenters. The highest BCUT2D eigenvalue weighted by Crippen LogP contribution is 2.34. The number of benzene rings is 2. The fourth-order valence-corrected chi connectivity index (χ4v) is 6.24. The van der Waals surface area contributed by atoms with Crippen LogP contribution in [0.2, 0.25) is 5.02 Å². The van der Waals surface area contributed by atoms with Crippen molar-refractivity contribution in [3.8, 4) is 11.4 Å². The molecule has 1 saturated heterocycles. The number of nitrogens with zero attached hydrogens (tertiary/aromatic N) is 4. The van der Waals surface area contributed by atoms with Crippen LogP contribution < -0.4 is 10.2 Å². The van der Waals surface area contributed by atoms with Crippen LogP contribution in [-0.2, 0) is 36.3 Å². The maximum atomic E-state index is 14.1.